The molecule has 6 heteroatoms. The van der Waals surface area contributed by atoms with Crippen molar-refractivity contribution < 1.29 is 9.53 Å². The average molecular weight is 431 g/mol. The molecule has 1 aliphatic rings. The molecule has 1 aromatic carbocycles. The second-order valence-corrected chi connectivity index (χ2v) is 7.11. The summed E-state index contributed by atoms with van der Waals surface area (Å²) >= 11 is 2.24. The van der Waals surface area contributed by atoms with E-state index in [0.717, 1.165) is 42.0 Å². The van der Waals surface area contributed by atoms with Gasteiger partial charge in [-0.05, 0) is 60.3 Å². The van der Waals surface area contributed by atoms with Gasteiger partial charge in [0.05, 0.1) is 0 Å². The number of piperazine rings is 1. The molecule has 1 fully saturated rings. The molecule has 0 aliphatic carbocycles. The van der Waals surface area contributed by atoms with E-state index in [0.29, 0.717) is 12.6 Å². The van der Waals surface area contributed by atoms with Crippen LogP contribution in [0.4, 0.5) is 0 Å². The summed E-state index contributed by atoms with van der Waals surface area (Å²) in [4.78, 5) is 16.8. The molecule has 0 radical (unpaired) electrons. The minimum absolute atomic E-state index is 0.0664. The van der Waals surface area contributed by atoms with Gasteiger partial charge in [-0.15, -0.1) is 0 Å². The quantitative estimate of drug-likeness (QED) is 0.670. The number of benzene rings is 1. The summed E-state index contributed by atoms with van der Waals surface area (Å²) in [6.07, 6.45) is 0. The summed E-state index contributed by atoms with van der Waals surface area (Å²) in [5.41, 5.74) is 0. The molecule has 1 aliphatic heterocycles. The molecule has 5 nitrogen and oxygen atoms in total. The monoisotopic (exact) mass is 431 g/mol. The zero-order chi connectivity index (χ0) is 16.7. The maximum absolute atomic E-state index is 11.9. The van der Waals surface area contributed by atoms with Crippen LogP contribution in [-0.2, 0) is 4.79 Å². The maximum Gasteiger partial charge on any atom is 0.257 e. The number of hydrogen-bond acceptors (Lipinski definition) is 4. The zero-order valence-corrected chi connectivity index (χ0v) is 16.1. The topological polar surface area (TPSA) is 44.8 Å². The van der Waals surface area contributed by atoms with Crippen molar-refractivity contribution >= 4 is 28.5 Å². The highest BCUT2D eigenvalue weighted by molar-refractivity contribution is 14.1. The van der Waals surface area contributed by atoms with E-state index in [-0.39, 0.29) is 12.5 Å². The van der Waals surface area contributed by atoms with Crippen molar-refractivity contribution in [1.82, 2.24) is 15.1 Å². The number of likely N-dealkylation sites (N-methyl/N-ethyl adjacent to an activating group) is 1. The molecule has 2 rings (SSSR count). The Kier molecular flexibility index (Phi) is 7.58. The van der Waals surface area contributed by atoms with Gasteiger partial charge in [-0.1, -0.05) is 6.92 Å². The Morgan fingerprint density at radius 3 is 2.52 bits per heavy atom. The Labute approximate surface area is 152 Å². The summed E-state index contributed by atoms with van der Waals surface area (Å²) in [6, 6.07) is 8.05. The zero-order valence-electron chi connectivity index (χ0n) is 13.9. The number of nitrogens with one attached hydrogen (secondary N) is 1. The van der Waals surface area contributed by atoms with Crippen LogP contribution in [0.2, 0.25) is 0 Å². The van der Waals surface area contributed by atoms with Crippen LogP contribution in [0.3, 0.4) is 0 Å². The first-order valence-corrected chi connectivity index (χ1v) is 9.28. The number of hydrogen-bond donors (Lipinski definition) is 1. The van der Waals surface area contributed by atoms with Crippen molar-refractivity contribution in [3.8, 4) is 5.75 Å². The highest BCUT2D eigenvalue weighted by Crippen LogP contribution is 2.13. The Bertz CT molecular complexity index is 487. The summed E-state index contributed by atoms with van der Waals surface area (Å²) < 4.78 is 6.64. The predicted octanol–water partition coefficient (Wildman–Crippen LogP) is 1.81. The van der Waals surface area contributed by atoms with Crippen molar-refractivity contribution in [2.24, 2.45) is 0 Å². The molecule has 0 spiro atoms. The van der Waals surface area contributed by atoms with E-state index in [4.69, 9.17) is 4.74 Å². The number of nitrogens with zero attached hydrogens (tertiary/aromatic N) is 2. The minimum atomic E-state index is -0.0670. The van der Waals surface area contributed by atoms with Crippen LogP contribution in [0.25, 0.3) is 0 Å². The number of halogens is 1. The Balaban J connectivity index is 1.64. The molecule has 0 bridgehead atoms. The third-order valence-electron chi connectivity index (χ3n) is 4.26. The number of ether oxygens (including phenoxy) is 1. The first-order chi connectivity index (χ1) is 11.1. The lowest BCUT2D eigenvalue weighted by Crippen LogP contribution is -2.52. The van der Waals surface area contributed by atoms with E-state index in [9.17, 15) is 4.79 Å². The lowest BCUT2D eigenvalue weighted by Gasteiger charge is -2.37. The van der Waals surface area contributed by atoms with Crippen LogP contribution in [-0.4, -0.2) is 67.6 Å². The molecule has 0 saturated carbocycles. The van der Waals surface area contributed by atoms with E-state index >= 15 is 0 Å². The van der Waals surface area contributed by atoms with E-state index in [1.807, 2.05) is 24.3 Å². The number of carbonyl (C=O) groups excluding carboxylic acids is 1. The molecule has 1 aromatic rings. The standard InChI is InChI=1S/C17H26IN3O2/c1-3-20-8-10-21(11-9-20)14(2)12-19-17(22)13-23-16-6-4-15(18)5-7-16/h4-7,14H,3,8-13H2,1-2H3,(H,19,22). The number of carbonyl (C=O) groups is 1. The third-order valence-corrected chi connectivity index (χ3v) is 4.97. The lowest BCUT2D eigenvalue weighted by molar-refractivity contribution is -0.123. The van der Waals surface area contributed by atoms with Crippen molar-refractivity contribution in [3.05, 3.63) is 27.8 Å². The molecule has 1 atom stereocenters. The van der Waals surface area contributed by atoms with Crippen LogP contribution in [0.15, 0.2) is 24.3 Å². The second-order valence-electron chi connectivity index (χ2n) is 5.87. The Morgan fingerprint density at radius 1 is 1.26 bits per heavy atom. The summed E-state index contributed by atoms with van der Waals surface area (Å²) in [5.74, 6) is 0.659. The van der Waals surface area contributed by atoms with Gasteiger partial charge in [-0.25, -0.2) is 0 Å². The second kappa shape index (κ2) is 9.44. The largest absolute Gasteiger partial charge is 0.484 e. The molecule has 1 amide bonds. The fraction of sp³-hybridized carbons (Fsp3) is 0.588. The summed E-state index contributed by atoms with van der Waals surface area (Å²) in [7, 11) is 0. The number of amides is 1. The minimum Gasteiger partial charge on any atom is -0.484 e. The van der Waals surface area contributed by atoms with Crippen LogP contribution < -0.4 is 10.1 Å². The molecular weight excluding hydrogens is 405 g/mol. The van der Waals surface area contributed by atoms with E-state index in [1.54, 1.807) is 0 Å². The summed E-state index contributed by atoms with van der Waals surface area (Å²) in [6.45, 7) is 10.6. The van der Waals surface area contributed by atoms with Gasteiger partial charge in [0.15, 0.2) is 6.61 Å². The molecule has 23 heavy (non-hydrogen) atoms. The molecular formula is C17H26IN3O2. The van der Waals surface area contributed by atoms with Gasteiger partial charge < -0.3 is 15.0 Å². The third kappa shape index (κ3) is 6.27. The van der Waals surface area contributed by atoms with E-state index < -0.39 is 0 Å². The van der Waals surface area contributed by atoms with Crippen LogP contribution in [0, 0.1) is 3.57 Å². The van der Waals surface area contributed by atoms with Gasteiger partial charge in [-0.2, -0.15) is 0 Å². The van der Waals surface area contributed by atoms with Gasteiger partial charge in [0.25, 0.3) is 5.91 Å². The van der Waals surface area contributed by atoms with Crippen molar-refractivity contribution in [3.63, 3.8) is 0 Å². The first-order valence-electron chi connectivity index (χ1n) is 8.20. The van der Waals surface area contributed by atoms with E-state index in [2.05, 4.69) is 51.6 Å². The average Bonchev–Trinajstić information content (AvgIpc) is 2.59. The van der Waals surface area contributed by atoms with Gasteiger partial charge in [0.2, 0.25) is 0 Å². The van der Waals surface area contributed by atoms with Gasteiger partial charge in [0, 0.05) is 42.3 Å². The van der Waals surface area contributed by atoms with Gasteiger partial charge in [0.1, 0.15) is 5.75 Å². The van der Waals surface area contributed by atoms with Crippen LogP contribution in [0.5, 0.6) is 5.75 Å². The molecule has 1 unspecified atom stereocenters. The molecule has 0 aromatic heterocycles. The van der Waals surface area contributed by atoms with Crippen molar-refractivity contribution in [2.75, 3.05) is 45.9 Å². The Hall–Kier alpha value is -0.860. The van der Waals surface area contributed by atoms with Gasteiger partial charge in [-0.3, -0.25) is 9.69 Å². The predicted molar refractivity (Wildman–Crippen MR) is 101 cm³/mol. The highest BCUT2D eigenvalue weighted by atomic mass is 127. The summed E-state index contributed by atoms with van der Waals surface area (Å²) in [5, 5.41) is 2.97. The molecule has 1 heterocycles. The Morgan fingerprint density at radius 2 is 1.91 bits per heavy atom. The highest BCUT2D eigenvalue weighted by Gasteiger charge is 2.20. The smallest absolute Gasteiger partial charge is 0.257 e. The molecule has 1 N–H and O–H groups in total. The first kappa shape index (κ1) is 18.5. The van der Waals surface area contributed by atoms with Crippen molar-refractivity contribution in [1.29, 1.82) is 0 Å². The number of rotatable bonds is 7. The SMILES string of the molecule is CCN1CCN(C(C)CNC(=O)COc2ccc(I)cc2)CC1. The fourth-order valence-electron chi connectivity index (χ4n) is 2.64. The normalized spacial score (nSPS) is 17.7. The van der Waals surface area contributed by atoms with Crippen molar-refractivity contribution in [2.45, 2.75) is 19.9 Å². The van der Waals surface area contributed by atoms with Crippen LogP contribution >= 0.6 is 22.6 Å². The van der Waals surface area contributed by atoms with Crippen LogP contribution in [0.1, 0.15) is 13.8 Å². The lowest BCUT2D eigenvalue weighted by atomic mass is 10.2. The molecule has 1 saturated heterocycles. The van der Waals surface area contributed by atoms with E-state index in [1.165, 1.54) is 0 Å². The van der Waals surface area contributed by atoms with Gasteiger partial charge >= 0.3 is 0 Å². The molecule has 128 valence electrons. The fourth-order valence-corrected chi connectivity index (χ4v) is 3.00. The maximum atomic E-state index is 11.9.